The second kappa shape index (κ2) is 13.6. The highest BCUT2D eigenvalue weighted by Crippen LogP contribution is 2.31. The Balaban J connectivity index is 2.31. The lowest BCUT2D eigenvalue weighted by Gasteiger charge is -2.33. The van der Waals surface area contributed by atoms with Gasteiger partial charge in [-0.15, -0.1) is 0 Å². The third kappa shape index (κ3) is 9.49. The maximum Gasteiger partial charge on any atom is 0.243 e. The number of anilines is 1. The van der Waals surface area contributed by atoms with Crippen LogP contribution in [0.15, 0.2) is 36.4 Å². The van der Waals surface area contributed by atoms with E-state index < -0.39 is 21.6 Å². The first kappa shape index (κ1) is 32.5. The molecular formula is C26H33Cl4N3O4S. The van der Waals surface area contributed by atoms with Gasteiger partial charge in [0.25, 0.3) is 0 Å². The molecule has 2 rings (SSSR count). The van der Waals surface area contributed by atoms with Crippen molar-refractivity contribution in [3.63, 3.8) is 0 Å². The van der Waals surface area contributed by atoms with Gasteiger partial charge in [0, 0.05) is 40.1 Å². The van der Waals surface area contributed by atoms with Crippen LogP contribution in [-0.2, 0) is 26.2 Å². The second-order valence-corrected chi connectivity index (χ2v) is 13.5. The number of carbonyl (C=O) groups excluding carboxylic acids is 2. The van der Waals surface area contributed by atoms with Crippen molar-refractivity contribution >= 4 is 73.9 Å². The fourth-order valence-corrected chi connectivity index (χ4v) is 5.74. The molecule has 0 saturated carbocycles. The van der Waals surface area contributed by atoms with Gasteiger partial charge < -0.3 is 10.2 Å². The maximum absolute atomic E-state index is 13.5. The third-order valence-corrected chi connectivity index (χ3v) is 7.89. The Kier molecular flexibility index (Phi) is 11.6. The zero-order valence-electron chi connectivity index (χ0n) is 22.0. The summed E-state index contributed by atoms with van der Waals surface area (Å²) in [5, 5.41) is 4.32. The molecule has 2 aromatic rings. The number of carbonyl (C=O) groups is 2. The number of hydrogen-bond acceptors (Lipinski definition) is 4. The minimum Gasteiger partial charge on any atom is -0.350 e. The Morgan fingerprint density at radius 3 is 2.13 bits per heavy atom. The number of nitrogens with one attached hydrogen (secondary N) is 1. The van der Waals surface area contributed by atoms with Crippen LogP contribution in [-0.4, -0.2) is 49.5 Å². The number of hydrogen-bond donors (Lipinski definition) is 1. The van der Waals surface area contributed by atoms with Crippen molar-refractivity contribution in [2.24, 2.45) is 0 Å². The van der Waals surface area contributed by atoms with E-state index in [2.05, 4.69) is 5.32 Å². The van der Waals surface area contributed by atoms with Crippen LogP contribution in [0.4, 0.5) is 5.69 Å². The molecule has 0 heterocycles. The van der Waals surface area contributed by atoms with Crippen LogP contribution in [0.3, 0.4) is 0 Å². The summed E-state index contributed by atoms with van der Waals surface area (Å²) in [6.45, 7) is 7.48. The molecular weight excluding hydrogens is 592 g/mol. The summed E-state index contributed by atoms with van der Waals surface area (Å²) in [5.41, 5.74) is 0.369. The van der Waals surface area contributed by atoms with E-state index in [4.69, 9.17) is 46.4 Å². The molecule has 0 spiro atoms. The lowest BCUT2D eigenvalue weighted by molar-refractivity contribution is -0.142. The standard InChI is InChI=1S/C26H33Cl4N3O4S/c1-6-22(25(35)31-26(2,3)4)32(16-17-9-10-18(27)14-21(17)30)24(34)8-7-13-33(38(5,36)37)23-15-19(28)11-12-20(23)29/h9-12,14-15,22H,6-8,13,16H2,1-5H3,(H,31,35)/t22-/m1/s1. The van der Waals surface area contributed by atoms with E-state index in [1.54, 1.807) is 24.3 Å². The van der Waals surface area contributed by atoms with Gasteiger partial charge in [-0.3, -0.25) is 13.9 Å². The Labute approximate surface area is 245 Å². The molecule has 0 unspecified atom stereocenters. The lowest BCUT2D eigenvalue weighted by atomic mass is 10.0. The van der Waals surface area contributed by atoms with Crippen LogP contribution < -0.4 is 9.62 Å². The molecule has 0 bridgehead atoms. The first-order valence-corrected chi connectivity index (χ1v) is 15.4. The van der Waals surface area contributed by atoms with E-state index in [1.165, 1.54) is 17.0 Å². The first-order chi connectivity index (χ1) is 17.5. The highest BCUT2D eigenvalue weighted by Gasteiger charge is 2.31. The molecule has 0 aliphatic rings. The summed E-state index contributed by atoms with van der Waals surface area (Å²) in [7, 11) is -3.72. The van der Waals surface area contributed by atoms with E-state index in [0.717, 1.165) is 10.6 Å². The van der Waals surface area contributed by atoms with Crippen LogP contribution in [0.2, 0.25) is 20.1 Å². The van der Waals surface area contributed by atoms with Crippen molar-refractivity contribution in [2.75, 3.05) is 17.1 Å². The molecule has 2 amide bonds. The summed E-state index contributed by atoms with van der Waals surface area (Å²) in [5.74, 6) is -0.612. The number of nitrogens with zero attached hydrogens (tertiary/aromatic N) is 2. The van der Waals surface area contributed by atoms with Gasteiger partial charge in [0.2, 0.25) is 21.8 Å². The minimum absolute atomic E-state index is 0.00877. The fraction of sp³-hybridized carbons (Fsp3) is 0.462. The lowest BCUT2D eigenvalue weighted by Crippen LogP contribution is -2.53. The number of sulfonamides is 1. The van der Waals surface area contributed by atoms with Gasteiger partial charge in [-0.25, -0.2) is 8.42 Å². The van der Waals surface area contributed by atoms with Gasteiger partial charge in [0.15, 0.2) is 0 Å². The van der Waals surface area contributed by atoms with Crippen molar-refractivity contribution in [1.82, 2.24) is 10.2 Å². The zero-order valence-corrected chi connectivity index (χ0v) is 25.9. The van der Waals surface area contributed by atoms with E-state index in [1.807, 2.05) is 27.7 Å². The third-order valence-electron chi connectivity index (χ3n) is 5.57. The van der Waals surface area contributed by atoms with Gasteiger partial charge >= 0.3 is 0 Å². The summed E-state index contributed by atoms with van der Waals surface area (Å²) < 4.78 is 26.2. The molecule has 38 heavy (non-hydrogen) atoms. The molecule has 0 saturated heterocycles. The minimum atomic E-state index is -3.72. The molecule has 12 heteroatoms. The van der Waals surface area contributed by atoms with Gasteiger partial charge in [-0.05, 0) is 69.5 Å². The number of rotatable bonds is 11. The molecule has 210 valence electrons. The highest BCUT2D eigenvalue weighted by molar-refractivity contribution is 7.92. The molecule has 1 N–H and O–H groups in total. The molecule has 0 aromatic heterocycles. The summed E-state index contributed by atoms with van der Waals surface area (Å²) >= 11 is 24.7. The predicted octanol–water partition coefficient (Wildman–Crippen LogP) is 6.57. The van der Waals surface area contributed by atoms with Crippen molar-refractivity contribution in [3.8, 4) is 0 Å². The summed E-state index contributed by atoms with van der Waals surface area (Å²) in [6.07, 6.45) is 1.59. The average Bonchev–Trinajstić information content (AvgIpc) is 2.77. The van der Waals surface area contributed by atoms with Crippen LogP contribution in [0.1, 0.15) is 52.5 Å². The normalized spacial score (nSPS) is 12.7. The zero-order chi connectivity index (χ0) is 28.8. The molecule has 0 fully saturated rings. The quantitative estimate of drug-likeness (QED) is 0.306. The van der Waals surface area contributed by atoms with E-state index >= 15 is 0 Å². The first-order valence-electron chi connectivity index (χ1n) is 12.0. The highest BCUT2D eigenvalue weighted by atomic mass is 35.5. The Bertz CT molecular complexity index is 1270. The van der Waals surface area contributed by atoms with E-state index in [0.29, 0.717) is 27.1 Å². The van der Waals surface area contributed by atoms with Crippen LogP contribution in [0, 0.1) is 0 Å². The summed E-state index contributed by atoms with van der Waals surface area (Å²) in [6, 6.07) is 8.74. The van der Waals surface area contributed by atoms with Gasteiger partial charge in [0.05, 0.1) is 17.0 Å². The molecule has 1 atom stereocenters. The number of amides is 2. The van der Waals surface area contributed by atoms with E-state index in [-0.39, 0.29) is 48.5 Å². The molecule has 0 aliphatic carbocycles. The maximum atomic E-state index is 13.5. The largest absolute Gasteiger partial charge is 0.350 e. The number of halogens is 4. The van der Waals surface area contributed by atoms with Gasteiger partial charge in [-0.1, -0.05) is 59.4 Å². The fourth-order valence-electron chi connectivity index (χ4n) is 3.87. The SMILES string of the molecule is CC[C@H](C(=O)NC(C)(C)C)N(Cc1ccc(Cl)cc1Cl)C(=O)CCCN(c1cc(Cl)ccc1Cl)S(C)(=O)=O. The second-order valence-electron chi connectivity index (χ2n) is 9.96. The topological polar surface area (TPSA) is 86.8 Å². The average molecular weight is 625 g/mol. The smallest absolute Gasteiger partial charge is 0.243 e. The van der Waals surface area contributed by atoms with Crippen molar-refractivity contribution in [1.29, 1.82) is 0 Å². The van der Waals surface area contributed by atoms with Crippen LogP contribution >= 0.6 is 46.4 Å². The van der Waals surface area contributed by atoms with Crippen LogP contribution in [0.25, 0.3) is 0 Å². The van der Waals surface area contributed by atoms with Crippen molar-refractivity contribution < 1.29 is 18.0 Å². The van der Waals surface area contributed by atoms with Crippen molar-refractivity contribution in [2.45, 2.75) is 65.1 Å². The van der Waals surface area contributed by atoms with Gasteiger partial charge in [0.1, 0.15) is 6.04 Å². The Morgan fingerprint density at radius 2 is 1.58 bits per heavy atom. The van der Waals surface area contributed by atoms with E-state index in [9.17, 15) is 18.0 Å². The molecule has 2 aromatic carbocycles. The van der Waals surface area contributed by atoms with Crippen molar-refractivity contribution in [3.05, 3.63) is 62.1 Å². The Morgan fingerprint density at radius 1 is 0.974 bits per heavy atom. The predicted molar refractivity (Wildman–Crippen MR) is 157 cm³/mol. The molecule has 0 radical (unpaired) electrons. The summed E-state index contributed by atoms with van der Waals surface area (Å²) in [4.78, 5) is 28.2. The van der Waals surface area contributed by atoms with Gasteiger partial charge in [-0.2, -0.15) is 0 Å². The molecule has 7 nitrogen and oxygen atoms in total. The molecule has 0 aliphatic heterocycles. The monoisotopic (exact) mass is 623 g/mol. The Hall–Kier alpha value is -1.71. The van der Waals surface area contributed by atoms with Crippen LogP contribution in [0.5, 0.6) is 0 Å². The number of benzene rings is 2.